The first-order valence-corrected chi connectivity index (χ1v) is 5.75. The molecule has 0 fully saturated rings. The summed E-state index contributed by atoms with van der Waals surface area (Å²) in [6.07, 6.45) is -0.560. The Morgan fingerprint density at radius 1 is 1.36 bits per heavy atom. The van der Waals surface area contributed by atoms with E-state index in [-0.39, 0.29) is 12.5 Å². The Kier molecular flexibility index (Phi) is 5.46. The molecule has 1 atom stereocenters. The highest BCUT2D eigenvalue weighted by atomic mass is 32.2. The van der Waals surface area contributed by atoms with Gasteiger partial charge in [0, 0.05) is 6.54 Å². The Bertz CT molecular complexity index is 254. The van der Waals surface area contributed by atoms with Gasteiger partial charge in [0.05, 0.1) is 6.10 Å². The first-order valence-electron chi connectivity index (χ1n) is 4.20. The van der Waals surface area contributed by atoms with Gasteiger partial charge in [-0.15, -0.1) is 0 Å². The van der Waals surface area contributed by atoms with E-state index in [4.69, 9.17) is 0 Å². The molecule has 0 spiro atoms. The third-order valence-electron chi connectivity index (χ3n) is 1.50. The van der Waals surface area contributed by atoms with Crippen LogP contribution in [-0.2, 0) is 10.0 Å². The Hall–Kier alpha value is -0.270. The summed E-state index contributed by atoms with van der Waals surface area (Å²) in [6.45, 7) is 3.31. The van der Waals surface area contributed by atoms with Crippen molar-refractivity contribution in [2.75, 3.05) is 6.54 Å². The number of aliphatic hydroxyl groups is 1. The van der Waals surface area contributed by atoms with Crippen LogP contribution < -0.4 is 4.72 Å². The van der Waals surface area contributed by atoms with Gasteiger partial charge in [-0.25, -0.2) is 13.1 Å². The summed E-state index contributed by atoms with van der Waals surface area (Å²) in [5.74, 6) is -3.27. The summed E-state index contributed by atoms with van der Waals surface area (Å²) < 4.78 is 46.3. The molecule has 0 saturated carbocycles. The number of halogens is 2. The van der Waals surface area contributed by atoms with Crippen molar-refractivity contribution in [3.63, 3.8) is 0 Å². The second kappa shape index (κ2) is 5.57. The molecule has 0 aliphatic carbocycles. The zero-order valence-corrected chi connectivity index (χ0v) is 8.89. The number of hydrogen-bond acceptors (Lipinski definition) is 3. The fourth-order valence-corrected chi connectivity index (χ4v) is 1.45. The molecule has 14 heavy (non-hydrogen) atoms. The van der Waals surface area contributed by atoms with Crippen LogP contribution in [0.3, 0.4) is 0 Å². The van der Waals surface area contributed by atoms with Crippen LogP contribution in [0.1, 0.15) is 20.3 Å². The Morgan fingerprint density at radius 2 is 1.86 bits per heavy atom. The lowest BCUT2D eigenvalue weighted by Crippen LogP contribution is -2.36. The average Bonchev–Trinajstić information content (AvgIpc) is 1.99. The molecule has 0 aliphatic rings. The van der Waals surface area contributed by atoms with Crippen LogP contribution >= 0.6 is 0 Å². The van der Waals surface area contributed by atoms with E-state index in [1.165, 1.54) is 0 Å². The van der Waals surface area contributed by atoms with E-state index in [1.807, 2.05) is 13.8 Å². The van der Waals surface area contributed by atoms with Gasteiger partial charge in [-0.3, -0.25) is 0 Å². The molecule has 0 radical (unpaired) electrons. The van der Waals surface area contributed by atoms with Crippen molar-refractivity contribution >= 4 is 10.0 Å². The lowest BCUT2D eigenvalue weighted by molar-refractivity contribution is 0.151. The molecule has 0 bridgehead atoms. The van der Waals surface area contributed by atoms with Crippen molar-refractivity contribution in [2.45, 2.75) is 32.1 Å². The summed E-state index contributed by atoms with van der Waals surface area (Å²) in [5.41, 5.74) is 0. The third kappa shape index (κ3) is 5.46. The van der Waals surface area contributed by atoms with Crippen LogP contribution in [-0.4, -0.2) is 31.9 Å². The van der Waals surface area contributed by atoms with Crippen molar-refractivity contribution in [1.29, 1.82) is 0 Å². The minimum Gasteiger partial charge on any atom is -0.392 e. The summed E-state index contributed by atoms with van der Waals surface area (Å²) in [4.78, 5) is 0. The van der Waals surface area contributed by atoms with E-state index in [0.717, 1.165) is 0 Å². The summed E-state index contributed by atoms with van der Waals surface area (Å²) in [7, 11) is -4.57. The molecule has 4 nitrogen and oxygen atoms in total. The van der Waals surface area contributed by atoms with E-state index in [9.17, 15) is 22.3 Å². The molecule has 0 aromatic carbocycles. The maximum atomic E-state index is 11.8. The molecule has 0 rings (SSSR count). The minimum atomic E-state index is -4.57. The maximum absolute atomic E-state index is 11.8. The zero-order chi connectivity index (χ0) is 11.4. The number of sulfonamides is 1. The first-order chi connectivity index (χ1) is 6.25. The fraction of sp³-hybridized carbons (Fsp3) is 1.00. The molecule has 0 heterocycles. The minimum absolute atomic E-state index is 0.182. The van der Waals surface area contributed by atoms with Crippen LogP contribution in [0, 0.1) is 5.92 Å². The third-order valence-corrected chi connectivity index (χ3v) is 2.54. The van der Waals surface area contributed by atoms with Crippen molar-refractivity contribution < 1.29 is 22.3 Å². The lowest BCUT2D eigenvalue weighted by Gasteiger charge is -2.13. The number of rotatable bonds is 6. The predicted octanol–water partition coefficient (Wildman–Crippen LogP) is 0.535. The van der Waals surface area contributed by atoms with E-state index in [0.29, 0.717) is 6.42 Å². The fourth-order valence-electron chi connectivity index (χ4n) is 0.903. The Morgan fingerprint density at radius 3 is 2.21 bits per heavy atom. The quantitative estimate of drug-likeness (QED) is 0.701. The second-order valence-corrected chi connectivity index (χ2v) is 5.17. The van der Waals surface area contributed by atoms with Gasteiger partial charge >= 0.3 is 5.76 Å². The van der Waals surface area contributed by atoms with Crippen LogP contribution in [0.4, 0.5) is 8.78 Å². The highest BCUT2D eigenvalue weighted by Gasteiger charge is 2.24. The highest BCUT2D eigenvalue weighted by Crippen LogP contribution is 2.05. The van der Waals surface area contributed by atoms with E-state index in [2.05, 4.69) is 0 Å². The molecule has 0 aromatic heterocycles. The van der Waals surface area contributed by atoms with E-state index in [1.54, 1.807) is 4.72 Å². The molecule has 0 aromatic rings. The van der Waals surface area contributed by atoms with Crippen LogP contribution in [0.25, 0.3) is 0 Å². The predicted molar refractivity (Wildman–Crippen MR) is 48.4 cm³/mol. The molecular weight excluding hydrogens is 216 g/mol. The van der Waals surface area contributed by atoms with Crippen molar-refractivity contribution in [2.24, 2.45) is 5.92 Å². The first kappa shape index (κ1) is 13.7. The summed E-state index contributed by atoms with van der Waals surface area (Å²) >= 11 is 0. The molecule has 1 unspecified atom stereocenters. The molecule has 0 amide bonds. The Balaban J connectivity index is 3.95. The summed E-state index contributed by atoms with van der Waals surface area (Å²) in [6, 6.07) is 0. The number of aliphatic hydroxyl groups excluding tert-OH is 1. The van der Waals surface area contributed by atoms with E-state index >= 15 is 0 Å². The SMILES string of the molecule is CC(C)CC(O)CNS(=O)(=O)C(F)F. The molecule has 0 aliphatic heterocycles. The van der Waals surface area contributed by atoms with Crippen molar-refractivity contribution in [3.8, 4) is 0 Å². The van der Waals surface area contributed by atoms with Crippen LogP contribution in [0.5, 0.6) is 0 Å². The standard InChI is InChI=1S/C7H15F2NO3S/c1-5(2)3-6(11)4-10-14(12,13)7(8)9/h5-7,10-11H,3-4H2,1-2H3. The molecule has 7 heteroatoms. The summed E-state index contributed by atoms with van der Waals surface area (Å²) in [5, 5.41) is 9.19. The van der Waals surface area contributed by atoms with Crippen molar-refractivity contribution in [1.82, 2.24) is 4.72 Å². The largest absolute Gasteiger partial charge is 0.392 e. The topological polar surface area (TPSA) is 66.4 Å². The normalized spacial score (nSPS) is 15.1. The maximum Gasteiger partial charge on any atom is 0.350 e. The number of hydrogen-bond donors (Lipinski definition) is 2. The zero-order valence-electron chi connectivity index (χ0n) is 8.07. The second-order valence-electron chi connectivity index (χ2n) is 3.44. The van der Waals surface area contributed by atoms with E-state index < -0.39 is 21.9 Å². The number of nitrogens with one attached hydrogen (secondary N) is 1. The Labute approximate surface area is 82.4 Å². The smallest absolute Gasteiger partial charge is 0.350 e. The van der Waals surface area contributed by atoms with Gasteiger partial charge in [0.1, 0.15) is 0 Å². The van der Waals surface area contributed by atoms with Gasteiger partial charge in [0.15, 0.2) is 0 Å². The number of alkyl halides is 2. The highest BCUT2D eigenvalue weighted by molar-refractivity contribution is 7.89. The molecule has 2 N–H and O–H groups in total. The lowest BCUT2D eigenvalue weighted by atomic mass is 10.1. The van der Waals surface area contributed by atoms with Gasteiger partial charge < -0.3 is 5.11 Å². The van der Waals surface area contributed by atoms with Gasteiger partial charge in [-0.05, 0) is 12.3 Å². The average molecular weight is 231 g/mol. The van der Waals surface area contributed by atoms with Gasteiger partial charge in [-0.1, -0.05) is 13.8 Å². The van der Waals surface area contributed by atoms with Crippen LogP contribution in [0.15, 0.2) is 0 Å². The molecular formula is C7H15F2NO3S. The van der Waals surface area contributed by atoms with Crippen molar-refractivity contribution in [3.05, 3.63) is 0 Å². The molecule has 86 valence electrons. The van der Waals surface area contributed by atoms with Gasteiger partial charge in [-0.2, -0.15) is 8.78 Å². The van der Waals surface area contributed by atoms with Gasteiger partial charge in [0.2, 0.25) is 0 Å². The van der Waals surface area contributed by atoms with Crippen LogP contribution in [0.2, 0.25) is 0 Å². The monoisotopic (exact) mass is 231 g/mol. The van der Waals surface area contributed by atoms with Gasteiger partial charge in [0.25, 0.3) is 10.0 Å². The molecule has 0 saturated heterocycles.